The number of rotatable bonds is 4. The summed E-state index contributed by atoms with van der Waals surface area (Å²) in [5.74, 6) is 0.401. The van der Waals surface area contributed by atoms with Crippen molar-refractivity contribution in [2.24, 2.45) is 5.41 Å². The number of aromatic nitrogens is 2. The van der Waals surface area contributed by atoms with Crippen molar-refractivity contribution in [2.75, 3.05) is 11.9 Å². The van der Waals surface area contributed by atoms with Gasteiger partial charge in [0, 0.05) is 6.54 Å². The predicted molar refractivity (Wildman–Crippen MR) is 57.5 cm³/mol. The molecule has 0 aliphatic heterocycles. The topological polar surface area (TPSA) is 37.8 Å². The molecule has 1 aromatic heterocycles. The van der Waals surface area contributed by atoms with E-state index in [9.17, 15) is 13.2 Å². The second kappa shape index (κ2) is 4.16. The Bertz CT molecular complexity index is 382. The molecule has 0 saturated heterocycles. The SMILES string of the molecule is CCC1(CNc2ccc(C(F)(F)F)nn2)CC1. The monoisotopic (exact) mass is 245 g/mol. The summed E-state index contributed by atoms with van der Waals surface area (Å²) >= 11 is 0. The van der Waals surface area contributed by atoms with Crippen LogP contribution in [0.3, 0.4) is 0 Å². The molecule has 0 atom stereocenters. The van der Waals surface area contributed by atoms with E-state index in [-0.39, 0.29) is 0 Å². The first-order valence-corrected chi connectivity index (χ1v) is 5.60. The van der Waals surface area contributed by atoms with E-state index < -0.39 is 11.9 Å². The fourth-order valence-corrected chi connectivity index (χ4v) is 1.69. The summed E-state index contributed by atoms with van der Waals surface area (Å²) in [5, 5.41) is 9.72. The lowest BCUT2D eigenvalue weighted by atomic mass is 10.0. The molecule has 0 amide bonds. The predicted octanol–water partition coefficient (Wildman–Crippen LogP) is 3.10. The Morgan fingerprint density at radius 2 is 2.00 bits per heavy atom. The summed E-state index contributed by atoms with van der Waals surface area (Å²) < 4.78 is 36.7. The van der Waals surface area contributed by atoms with Crippen LogP contribution in [-0.2, 0) is 6.18 Å². The standard InChI is InChI=1S/C11H14F3N3/c1-2-10(5-6-10)7-15-9-4-3-8(16-17-9)11(12,13)14/h3-4H,2,5-7H2,1H3,(H,15,17). The van der Waals surface area contributed by atoms with Crippen molar-refractivity contribution < 1.29 is 13.2 Å². The zero-order valence-corrected chi connectivity index (χ0v) is 9.51. The van der Waals surface area contributed by atoms with Crippen LogP contribution >= 0.6 is 0 Å². The maximum Gasteiger partial charge on any atom is 0.435 e. The molecule has 94 valence electrons. The summed E-state index contributed by atoms with van der Waals surface area (Å²) in [4.78, 5) is 0. The van der Waals surface area contributed by atoms with Crippen molar-refractivity contribution in [3.05, 3.63) is 17.8 Å². The highest BCUT2D eigenvalue weighted by molar-refractivity contribution is 5.34. The molecule has 1 saturated carbocycles. The van der Waals surface area contributed by atoms with Gasteiger partial charge in [-0.3, -0.25) is 0 Å². The van der Waals surface area contributed by atoms with E-state index in [2.05, 4.69) is 22.4 Å². The smallest absolute Gasteiger partial charge is 0.368 e. The van der Waals surface area contributed by atoms with Gasteiger partial charge in [-0.1, -0.05) is 6.92 Å². The van der Waals surface area contributed by atoms with Gasteiger partial charge in [-0.15, -0.1) is 10.2 Å². The van der Waals surface area contributed by atoms with Gasteiger partial charge in [0.2, 0.25) is 0 Å². The van der Waals surface area contributed by atoms with E-state index in [1.807, 2.05) is 0 Å². The first-order chi connectivity index (χ1) is 7.95. The zero-order valence-electron chi connectivity index (χ0n) is 9.51. The summed E-state index contributed by atoms with van der Waals surface area (Å²) in [5.41, 5.74) is -0.635. The van der Waals surface area contributed by atoms with Crippen molar-refractivity contribution in [3.8, 4) is 0 Å². The fraction of sp³-hybridized carbons (Fsp3) is 0.636. The summed E-state index contributed by atoms with van der Waals surface area (Å²) in [6.45, 7) is 2.87. The average molecular weight is 245 g/mol. The average Bonchev–Trinajstić information content (AvgIpc) is 3.06. The maximum atomic E-state index is 12.2. The molecule has 1 aliphatic rings. The molecular formula is C11H14F3N3. The van der Waals surface area contributed by atoms with Gasteiger partial charge in [0.25, 0.3) is 0 Å². The van der Waals surface area contributed by atoms with Crippen LogP contribution < -0.4 is 5.32 Å². The Kier molecular flexibility index (Phi) is 2.97. The number of hydrogen-bond acceptors (Lipinski definition) is 3. The molecule has 6 heteroatoms. The van der Waals surface area contributed by atoms with Gasteiger partial charge in [-0.05, 0) is 36.8 Å². The molecule has 1 fully saturated rings. The number of nitrogens with one attached hydrogen (secondary N) is 1. The molecule has 3 nitrogen and oxygen atoms in total. The number of alkyl halides is 3. The van der Waals surface area contributed by atoms with E-state index in [1.165, 1.54) is 18.9 Å². The van der Waals surface area contributed by atoms with Gasteiger partial charge < -0.3 is 5.32 Å². The van der Waals surface area contributed by atoms with Crippen LogP contribution in [0.5, 0.6) is 0 Å². The van der Waals surface area contributed by atoms with Crippen molar-refractivity contribution in [2.45, 2.75) is 32.4 Å². The Balaban J connectivity index is 1.94. The molecule has 17 heavy (non-hydrogen) atoms. The van der Waals surface area contributed by atoms with E-state index in [0.717, 1.165) is 19.0 Å². The molecule has 0 unspecified atom stereocenters. The van der Waals surface area contributed by atoms with Crippen LogP contribution in [0.4, 0.5) is 19.0 Å². The van der Waals surface area contributed by atoms with Gasteiger partial charge in [0.15, 0.2) is 5.69 Å². The fourth-order valence-electron chi connectivity index (χ4n) is 1.69. The molecule has 2 rings (SSSR count). The highest BCUT2D eigenvalue weighted by Crippen LogP contribution is 2.48. The van der Waals surface area contributed by atoms with Crippen molar-refractivity contribution in [1.29, 1.82) is 0 Å². The molecule has 0 spiro atoms. The number of anilines is 1. The van der Waals surface area contributed by atoms with E-state index in [0.29, 0.717) is 11.2 Å². The van der Waals surface area contributed by atoms with Crippen LogP contribution in [0.1, 0.15) is 31.9 Å². The lowest BCUT2D eigenvalue weighted by Gasteiger charge is -2.13. The van der Waals surface area contributed by atoms with Crippen LogP contribution in [0.2, 0.25) is 0 Å². The van der Waals surface area contributed by atoms with Gasteiger partial charge >= 0.3 is 6.18 Å². The van der Waals surface area contributed by atoms with Gasteiger partial charge in [0.05, 0.1) is 0 Å². The summed E-state index contributed by atoms with van der Waals surface area (Å²) in [6, 6.07) is 2.27. The van der Waals surface area contributed by atoms with Gasteiger partial charge in [0.1, 0.15) is 5.82 Å². The van der Waals surface area contributed by atoms with Crippen LogP contribution in [0.15, 0.2) is 12.1 Å². The molecule has 1 heterocycles. The third kappa shape index (κ3) is 2.87. The Labute approximate surface area is 97.4 Å². The second-order valence-electron chi connectivity index (χ2n) is 4.51. The van der Waals surface area contributed by atoms with E-state index in [1.54, 1.807) is 0 Å². The summed E-state index contributed by atoms with van der Waals surface area (Å²) in [7, 11) is 0. The van der Waals surface area contributed by atoms with Gasteiger partial charge in [-0.25, -0.2) is 0 Å². The highest BCUT2D eigenvalue weighted by atomic mass is 19.4. The highest BCUT2D eigenvalue weighted by Gasteiger charge is 2.40. The maximum absolute atomic E-state index is 12.2. The quantitative estimate of drug-likeness (QED) is 0.885. The first kappa shape index (κ1) is 12.1. The Hall–Kier alpha value is -1.33. The van der Waals surface area contributed by atoms with E-state index in [4.69, 9.17) is 0 Å². The van der Waals surface area contributed by atoms with Crippen LogP contribution in [0, 0.1) is 5.41 Å². The molecule has 0 radical (unpaired) electrons. The summed E-state index contributed by atoms with van der Waals surface area (Å²) in [6.07, 6.45) is -1.00. The van der Waals surface area contributed by atoms with Gasteiger partial charge in [-0.2, -0.15) is 13.2 Å². The normalized spacial score (nSPS) is 17.9. The van der Waals surface area contributed by atoms with Crippen molar-refractivity contribution in [3.63, 3.8) is 0 Å². The molecular weight excluding hydrogens is 231 g/mol. The lowest BCUT2D eigenvalue weighted by molar-refractivity contribution is -0.141. The molecule has 0 aromatic carbocycles. The lowest BCUT2D eigenvalue weighted by Crippen LogP contribution is -2.16. The van der Waals surface area contributed by atoms with Crippen LogP contribution in [0.25, 0.3) is 0 Å². The van der Waals surface area contributed by atoms with Crippen molar-refractivity contribution in [1.82, 2.24) is 10.2 Å². The minimum Gasteiger partial charge on any atom is -0.368 e. The van der Waals surface area contributed by atoms with Crippen LogP contribution in [-0.4, -0.2) is 16.7 Å². The third-order valence-electron chi connectivity index (χ3n) is 3.31. The Morgan fingerprint density at radius 1 is 1.29 bits per heavy atom. The van der Waals surface area contributed by atoms with E-state index >= 15 is 0 Å². The largest absolute Gasteiger partial charge is 0.435 e. The Morgan fingerprint density at radius 3 is 2.41 bits per heavy atom. The number of hydrogen-bond donors (Lipinski definition) is 1. The molecule has 1 N–H and O–H groups in total. The first-order valence-electron chi connectivity index (χ1n) is 5.60. The minimum absolute atomic E-state index is 0.324. The number of halogens is 3. The molecule has 1 aromatic rings. The minimum atomic E-state index is -4.42. The zero-order chi connectivity index (χ0) is 12.5. The second-order valence-corrected chi connectivity index (χ2v) is 4.51. The number of nitrogens with zero attached hydrogens (tertiary/aromatic N) is 2. The molecule has 0 bridgehead atoms. The van der Waals surface area contributed by atoms with Crippen molar-refractivity contribution >= 4 is 5.82 Å². The third-order valence-corrected chi connectivity index (χ3v) is 3.31. The molecule has 1 aliphatic carbocycles.